The van der Waals surface area contributed by atoms with Crippen molar-refractivity contribution in [3.05, 3.63) is 29.6 Å². The van der Waals surface area contributed by atoms with E-state index in [0.717, 1.165) is 17.3 Å². The Morgan fingerprint density at radius 2 is 2.00 bits per heavy atom. The second-order valence-corrected chi connectivity index (χ2v) is 5.74. The van der Waals surface area contributed by atoms with Gasteiger partial charge in [-0.25, -0.2) is 0 Å². The van der Waals surface area contributed by atoms with Gasteiger partial charge in [0.15, 0.2) is 0 Å². The summed E-state index contributed by atoms with van der Waals surface area (Å²) in [6.45, 7) is 2.23. The standard InChI is InChI=1S/C15H16F3N3O3/c1-14(2,13(23)24)4-7-21(8-5-19)12(22)10-9-20-6-3-11(10)15(16,17)18/h3,6,9H,4,7-8H2,1-2H3,(H,23,24). The maximum atomic E-state index is 13.0. The molecule has 0 spiro atoms. The van der Waals surface area contributed by atoms with E-state index in [-0.39, 0.29) is 13.0 Å². The lowest BCUT2D eigenvalue weighted by Crippen LogP contribution is -2.37. The van der Waals surface area contributed by atoms with Gasteiger partial charge < -0.3 is 10.0 Å². The molecular weight excluding hydrogens is 327 g/mol. The number of carbonyl (C=O) groups excluding carboxylic acids is 1. The minimum absolute atomic E-state index is 0.0165. The number of nitrogens with zero attached hydrogens (tertiary/aromatic N) is 3. The van der Waals surface area contributed by atoms with Gasteiger partial charge in [-0.1, -0.05) is 0 Å². The molecule has 0 atom stereocenters. The number of hydrogen-bond donors (Lipinski definition) is 1. The normalized spacial score (nSPS) is 11.7. The highest BCUT2D eigenvalue weighted by Gasteiger charge is 2.37. The van der Waals surface area contributed by atoms with Crippen LogP contribution in [0.3, 0.4) is 0 Å². The minimum atomic E-state index is -4.74. The van der Waals surface area contributed by atoms with Crippen molar-refractivity contribution in [3.8, 4) is 6.07 Å². The molecule has 0 saturated heterocycles. The lowest BCUT2D eigenvalue weighted by molar-refractivity contribution is -0.147. The zero-order valence-electron chi connectivity index (χ0n) is 13.1. The minimum Gasteiger partial charge on any atom is -0.481 e. The van der Waals surface area contributed by atoms with Crippen molar-refractivity contribution in [1.82, 2.24) is 9.88 Å². The number of rotatable bonds is 6. The first-order chi connectivity index (χ1) is 11.0. The lowest BCUT2D eigenvalue weighted by Gasteiger charge is -2.26. The number of halogens is 3. The van der Waals surface area contributed by atoms with Gasteiger partial charge >= 0.3 is 12.1 Å². The Hall–Kier alpha value is -2.63. The molecule has 0 aliphatic rings. The molecule has 1 aromatic rings. The number of carboxylic acids is 1. The summed E-state index contributed by atoms with van der Waals surface area (Å²) < 4.78 is 39.0. The first-order valence-corrected chi connectivity index (χ1v) is 6.91. The number of aliphatic carboxylic acids is 1. The van der Waals surface area contributed by atoms with Gasteiger partial charge in [0.1, 0.15) is 6.54 Å². The number of carbonyl (C=O) groups is 2. The lowest BCUT2D eigenvalue weighted by atomic mass is 9.89. The van der Waals surface area contributed by atoms with E-state index in [9.17, 15) is 22.8 Å². The van der Waals surface area contributed by atoms with Crippen LogP contribution < -0.4 is 0 Å². The highest BCUT2D eigenvalue weighted by atomic mass is 19.4. The largest absolute Gasteiger partial charge is 0.481 e. The molecule has 0 fully saturated rings. The topological polar surface area (TPSA) is 94.3 Å². The van der Waals surface area contributed by atoms with Crippen LogP contribution in [0.25, 0.3) is 0 Å². The molecule has 1 aromatic heterocycles. The quantitative estimate of drug-likeness (QED) is 0.801. The Labute approximate surface area is 136 Å². The molecule has 130 valence electrons. The number of aromatic nitrogens is 1. The highest BCUT2D eigenvalue weighted by molar-refractivity contribution is 5.95. The summed E-state index contributed by atoms with van der Waals surface area (Å²) in [4.78, 5) is 27.9. The third-order valence-corrected chi connectivity index (χ3v) is 3.49. The van der Waals surface area contributed by atoms with Gasteiger partial charge in [0, 0.05) is 18.9 Å². The predicted octanol–water partition coefficient (Wildman–Crippen LogP) is 2.57. The molecule has 1 amide bonds. The van der Waals surface area contributed by atoms with Crippen LogP contribution in [0.5, 0.6) is 0 Å². The molecule has 0 saturated carbocycles. The smallest absolute Gasteiger partial charge is 0.417 e. The molecular formula is C15H16F3N3O3. The molecule has 0 aliphatic carbocycles. The fourth-order valence-corrected chi connectivity index (χ4v) is 1.84. The van der Waals surface area contributed by atoms with Gasteiger partial charge in [-0.2, -0.15) is 18.4 Å². The Balaban J connectivity index is 3.09. The molecule has 9 heteroatoms. The Bertz CT molecular complexity index is 666. The van der Waals surface area contributed by atoms with Crippen LogP contribution in [0.2, 0.25) is 0 Å². The summed E-state index contributed by atoms with van der Waals surface area (Å²) >= 11 is 0. The van der Waals surface area contributed by atoms with Gasteiger partial charge in [-0.3, -0.25) is 14.6 Å². The second kappa shape index (κ2) is 7.29. The van der Waals surface area contributed by atoms with Crippen LogP contribution in [-0.2, 0) is 11.0 Å². The maximum absolute atomic E-state index is 13.0. The van der Waals surface area contributed by atoms with Crippen LogP contribution in [0.4, 0.5) is 13.2 Å². The number of nitriles is 1. The molecule has 0 aliphatic heterocycles. The molecule has 0 bridgehead atoms. The van der Waals surface area contributed by atoms with Gasteiger partial charge in [-0.05, 0) is 26.3 Å². The van der Waals surface area contributed by atoms with Crippen LogP contribution >= 0.6 is 0 Å². The van der Waals surface area contributed by atoms with E-state index in [2.05, 4.69) is 4.98 Å². The first kappa shape index (κ1) is 19.4. The predicted molar refractivity (Wildman–Crippen MR) is 76.8 cm³/mol. The van der Waals surface area contributed by atoms with Crippen molar-refractivity contribution in [1.29, 1.82) is 5.26 Å². The van der Waals surface area contributed by atoms with Crippen LogP contribution in [-0.4, -0.2) is 40.0 Å². The fourth-order valence-electron chi connectivity index (χ4n) is 1.84. The van der Waals surface area contributed by atoms with Gasteiger partial charge in [-0.15, -0.1) is 0 Å². The number of alkyl halides is 3. The van der Waals surface area contributed by atoms with Gasteiger partial charge in [0.25, 0.3) is 5.91 Å². The number of pyridine rings is 1. The Morgan fingerprint density at radius 1 is 1.38 bits per heavy atom. The SMILES string of the molecule is CC(C)(CCN(CC#N)C(=O)c1cnccc1C(F)(F)F)C(=O)O. The third-order valence-electron chi connectivity index (χ3n) is 3.49. The monoisotopic (exact) mass is 343 g/mol. The first-order valence-electron chi connectivity index (χ1n) is 6.91. The second-order valence-electron chi connectivity index (χ2n) is 5.74. The highest BCUT2D eigenvalue weighted by Crippen LogP contribution is 2.32. The average molecular weight is 343 g/mol. The number of amides is 1. The molecule has 0 unspecified atom stereocenters. The van der Waals surface area contributed by atoms with Crippen molar-refractivity contribution >= 4 is 11.9 Å². The molecule has 1 N–H and O–H groups in total. The summed E-state index contributed by atoms with van der Waals surface area (Å²) in [5, 5.41) is 17.9. The summed E-state index contributed by atoms with van der Waals surface area (Å²) in [7, 11) is 0. The average Bonchev–Trinajstić information content (AvgIpc) is 2.49. The van der Waals surface area contributed by atoms with Gasteiger partial charge in [0.2, 0.25) is 0 Å². The van der Waals surface area contributed by atoms with E-state index >= 15 is 0 Å². The molecule has 0 radical (unpaired) electrons. The van der Waals surface area contributed by atoms with Crippen molar-refractivity contribution in [2.24, 2.45) is 5.41 Å². The van der Waals surface area contributed by atoms with Crippen LogP contribution in [0, 0.1) is 16.7 Å². The van der Waals surface area contributed by atoms with E-state index in [1.54, 1.807) is 6.07 Å². The zero-order valence-corrected chi connectivity index (χ0v) is 13.1. The van der Waals surface area contributed by atoms with Gasteiger partial charge in [0.05, 0.1) is 22.6 Å². The summed E-state index contributed by atoms with van der Waals surface area (Å²) in [5.74, 6) is -2.12. The van der Waals surface area contributed by atoms with E-state index in [0.29, 0.717) is 6.07 Å². The van der Waals surface area contributed by atoms with Crippen LogP contribution in [0.15, 0.2) is 18.5 Å². The van der Waals surface area contributed by atoms with Crippen molar-refractivity contribution in [3.63, 3.8) is 0 Å². The van der Waals surface area contributed by atoms with E-state index in [1.165, 1.54) is 13.8 Å². The molecule has 24 heavy (non-hydrogen) atoms. The maximum Gasteiger partial charge on any atom is 0.417 e. The van der Waals surface area contributed by atoms with Crippen molar-refractivity contribution in [2.45, 2.75) is 26.4 Å². The van der Waals surface area contributed by atoms with Crippen molar-refractivity contribution in [2.75, 3.05) is 13.1 Å². The molecule has 1 heterocycles. The van der Waals surface area contributed by atoms with E-state index in [4.69, 9.17) is 10.4 Å². The van der Waals surface area contributed by atoms with Crippen molar-refractivity contribution < 1.29 is 27.9 Å². The Morgan fingerprint density at radius 3 is 2.50 bits per heavy atom. The van der Waals surface area contributed by atoms with Crippen LogP contribution in [0.1, 0.15) is 36.2 Å². The third kappa shape index (κ3) is 4.68. The molecule has 6 nitrogen and oxygen atoms in total. The summed E-state index contributed by atoms with van der Waals surface area (Å²) in [6.07, 6.45) is -3.05. The number of hydrogen-bond acceptors (Lipinski definition) is 4. The zero-order chi connectivity index (χ0) is 18.5. The van der Waals surface area contributed by atoms with E-state index < -0.39 is 41.1 Å². The number of carboxylic acid groups (broad SMARTS) is 1. The Kier molecular flexibility index (Phi) is 5.90. The fraction of sp³-hybridized carbons (Fsp3) is 0.467. The molecule has 1 rings (SSSR count). The summed E-state index contributed by atoms with van der Waals surface area (Å²) in [6, 6.07) is 2.38. The summed E-state index contributed by atoms with van der Waals surface area (Å²) in [5.41, 5.74) is -3.01. The van der Waals surface area contributed by atoms with E-state index in [1.807, 2.05) is 0 Å². The molecule has 0 aromatic carbocycles.